The third kappa shape index (κ3) is 2.65. The Morgan fingerprint density at radius 3 is 2.89 bits per heavy atom. The molecule has 2 aromatic rings. The number of carboxylic acid groups (broad SMARTS) is 1. The summed E-state index contributed by atoms with van der Waals surface area (Å²) in [5.74, 6) is -1.03. The molecule has 0 unspecified atom stereocenters. The van der Waals surface area contributed by atoms with E-state index in [2.05, 4.69) is 20.9 Å². The van der Waals surface area contributed by atoms with Gasteiger partial charge in [-0.25, -0.2) is 9.67 Å². The van der Waals surface area contributed by atoms with Crippen LogP contribution in [-0.4, -0.2) is 48.7 Å². The maximum atomic E-state index is 11.1. The van der Waals surface area contributed by atoms with Gasteiger partial charge in [-0.1, -0.05) is 0 Å². The average molecular weight is 385 g/mol. The summed E-state index contributed by atoms with van der Waals surface area (Å²) < 4.78 is 1.84. The zero-order valence-corrected chi connectivity index (χ0v) is 15.6. The number of nitrogens with zero attached hydrogens (tertiary/aromatic N) is 3. The van der Waals surface area contributed by atoms with Gasteiger partial charge in [-0.15, -0.1) is 0 Å². The summed E-state index contributed by atoms with van der Waals surface area (Å²) in [7, 11) is 0. The quantitative estimate of drug-likeness (QED) is 0.611. The molecule has 0 aromatic carbocycles. The van der Waals surface area contributed by atoms with Crippen molar-refractivity contribution in [2.24, 2.45) is 5.92 Å². The zero-order valence-electron chi connectivity index (χ0n) is 15.6. The van der Waals surface area contributed by atoms with E-state index >= 15 is 0 Å². The Morgan fingerprint density at radius 2 is 2.21 bits per heavy atom. The number of anilines is 1. The first-order chi connectivity index (χ1) is 13.5. The molecule has 1 aliphatic heterocycles. The topological polar surface area (TPSA) is 122 Å². The Hall–Kier alpha value is -2.65. The molecule has 2 aliphatic carbocycles. The number of rotatable bonds is 5. The Labute approximate surface area is 161 Å². The lowest BCUT2D eigenvalue weighted by Crippen LogP contribution is -2.47. The molecule has 0 radical (unpaired) electrons. The van der Waals surface area contributed by atoms with Crippen LogP contribution in [0.1, 0.15) is 38.2 Å². The maximum Gasteiger partial charge on any atom is 0.306 e. The van der Waals surface area contributed by atoms with Gasteiger partial charge in [0.25, 0.3) is 0 Å². The van der Waals surface area contributed by atoms with Crippen molar-refractivity contribution in [1.82, 2.24) is 20.2 Å². The second kappa shape index (κ2) is 6.18. The van der Waals surface area contributed by atoms with Crippen molar-refractivity contribution >= 4 is 28.4 Å². The van der Waals surface area contributed by atoms with Gasteiger partial charge in [0.05, 0.1) is 35.0 Å². The van der Waals surface area contributed by atoms with Gasteiger partial charge < -0.3 is 15.5 Å². The molecular weight excluding hydrogens is 362 g/mol. The van der Waals surface area contributed by atoms with Crippen molar-refractivity contribution in [2.45, 2.75) is 56.9 Å². The lowest BCUT2D eigenvalue weighted by atomic mass is 9.77. The molecular formula is C19H23N5O4. The molecule has 1 spiro atoms. The fraction of sp³-hybridized carbons (Fsp3) is 0.526. The highest BCUT2D eigenvalue weighted by atomic mass is 16.7. The van der Waals surface area contributed by atoms with Crippen LogP contribution in [0.4, 0.5) is 5.69 Å². The van der Waals surface area contributed by atoms with Crippen molar-refractivity contribution in [1.29, 1.82) is 0 Å². The number of pyridine rings is 1. The number of hydrogen-bond donors (Lipinski definition) is 4. The molecule has 0 amide bonds. The van der Waals surface area contributed by atoms with Crippen molar-refractivity contribution in [3.05, 3.63) is 24.0 Å². The molecule has 148 valence electrons. The molecule has 0 saturated heterocycles. The van der Waals surface area contributed by atoms with E-state index < -0.39 is 11.6 Å². The average Bonchev–Trinajstić information content (AvgIpc) is 3.21. The molecule has 0 bridgehead atoms. The number of aliphatic hydroxyl groups excluding tert-OH is 1. The van der Waals surface area contributed by atoms with Crippen LogP contribution < -0.4 is 10.8 Å². The van der Waals surface area contributed by atoms with Crippen LogP contribution in [0.3, 0.4) is 0 Å². The minimum Gasteiger partial charge on any atom is -0.481 e. The summed E-state index contributed by atoms with van der Waals surface area (Å²) in [5.41, 5.74) is 5.88. The van der Waals surface area contributed by atoms with Gasteiger partial charge in [0.15, 0.2) is 5.65 Å². The van der Waals surface area contributed by atoms with E-state index in [0.29, 0.717) is 32.2 Å². The minimum absolute atomic E-state index is 0.0952. The van der Waals surface area contributed by atoms with Crippen LogP contribution in [0.5, 0.6) is 0 Å². The largest absolute Gasteiger partial charge is 0.481 e. The van der Waals surface area contributed by atoms with Gasteiger partial charge in [-0.2, -0.15) is 5.10 Å². The number of aryl methyl sites for hydroxylation is 1. The molecule has 4 N–H and O–H groups in total. The van der Waals surface area contributed by atoms with E-state index in [-0.39, 0.29) is 18.1 Å². The van der Waals surface area contributed by atoms with Crippen molar-refractivity contribution < 1.29 is 19.8 Å². The van der Waals surface area contributed by atoms with Crippen LogP contribution in [0.25, 0.3) is 16.7 Å². The molecule has 28 heavy (non-hydrogen) atoms. The second-order valence-electron chi connectivity index (χ2n) is 7.98. The molecule has 3 aliphatic rings. The normalized spacial score (nSPS) is 31.2. The van der Waals surface area contributed by atoms with Gasteiger partial charge in [0.2, 0.25) is 0 Å². The van der Waals surface area contributed by atoms with E-state index in [1.807, 2.05) is 17.7 Å². The van der Waals surface area contributed by atoms with Crippen molar-refractivity contribution in [2.75, 3.05) is 5.32 Å². The van der Waals surface area contributed by atoms with Crippen molar-refractivity contribution in [3.63, 3.8) is 0 Å². The summed E-state index contributed by atoms with van der Waals surface area (Å²) in [4.78, 5) is 21.5. The molecule has 0 atom stereocenters. The fourth-order valence-corrected chi connectivity index (χ4v) is 4.31. The third-order valence-electron chi connectivity index (χ3n) is 6.03. The van der Waals surface area contributed by atoms with E-state index in [1.54, 1.807) is 12.4 Å². The van der Waals surface area contributed by atoms with E-state index in [0.717, 1.165) is 28.0 Å². The zero-order chi connectivity index (χ0) is 19.5. The lowest BCUT2D eigenvalue weighted by molar-refractivity contribution is -0.144. The van der Waals surface area contributed by atoms with Crippen LogP contribution in [0, 0.1) is 5.92 Å². The lowest BCUT2D eigenvalue weighted by Gasteiger charge is -2.38. The molecule has 9 nitrogen and oxygen atoms in total. The number of aliphatic carboxylic acids is 1. The maximum absolute atomic E-state index is 11.1. The number of fused-ring (bicyclic) bond motifs is 1. The highest BCUT2D eigenvalue weighted by molar-refractivity contribution is 5.96. The smallest absolute Gasteiger partial charge is 0.306 e. The first-order valence-electron chi connectivity index (χ1n) is 9.67. The molecule has 2 fully saturated rings. The number of carbonyl (C=O) groups is 1. The Morgan fingerprint density at radius 1 is 1.43 bits per heavy atom. The van der Waals surface area contributed by atoms with Gasteiger partial charge in [-0.05, 0) is 25.8 Å². The summed E-state index contributed by atoms with van der Waals surface area (Å²) in [6, 6.07) is 0.0952. The predicted molar refractivity (Wildman–Crippen MR) is 101 cm³/mol. The second-order valence-corrected chi connectivity index (χ2v) is 7.98. The predicted octanol–water partition coefficient (Wildman–Crippen LogP) is 1.50. The van der Waals surface area contributed by atoms with Gasteiger partial charge in [0, 0.05) is 37.2 Å². The van der Waals surface area contributed by atoms with Crippen LogP contribution in [-0.2, 0) is 16.2 Å². The first kappa shape index (κ1) is 17.4. The highest BCUT2D eigenvalue weighted by Gasteiger charge is 2.47. The highest BCUT2D eigenvalue weighted by Crippen LogP contribution is 2.44. The first-order valence-corrected chi connectivity index (χ1v) is 9.67. The number of hydroxylamine groups is 1. The summed E-state index contributed by atoms with van der Waals surface area (Å²) in [6.45, 7) is 2.73. The summed E-state index contributed by atoms with van der Waals surface area (Å²) in [6.07, 6.45) is 7.60. The molecule has 2 saturated carbocycles. The third-order valence-corrected chi connectivity index (χ3v) is 6.03. The monoisotopic (exact) mass is 385 g/mol. The van der Waals surface area contributed by atoms with Gasteiger partial charge >= 0.3 is 5.97 Å². The number of nitrogens with one attached hydrogen (secondary N) is 2. The van der Waals surface area contributed by atoms with E-state index in [4.69, 9.17) is 9.94 Å². The molecule has 5 rings (SSSR count). The van der Waals surface area contributed by atoms with Gasteiger partial charge in [0.1, 0.15) is 5.60 Å². The number of carboxylic acids is 1. The number of hydrogen-bond acceptors (Lipinski definition) is 7. The Bertz CT molecular complexity index is 972. The van der Waals surface area contributed by atoms with Crippen LogP contribution in [0.2, 0.25) is 0 Å². The van der Waals surface area contributed by atoms with Crippen LogP contribution in [0.15, 0.2) is 18.5 Å². The molecule has 2 aromatic heterocycles. The fourth-order valence-electron chi connectivity index (χ4n) is 4.31. The Balaban J connectivity index is 1.51. The SMILES string of the molecule is CCn1ncc2c(NC3CC(C(=O)O)C3)c(C3=CC4(CC(O)C4)ON3)cnc21. The van der Waals surface area contributed by atoms with Crippen LogP contribution >= 0.6 is 0 Å². The Kier molecular flexibility index (Phi) is 3.85. The number of aromatic nitrogens is 3. The van der Waals surface area contributed by atoms with Gasteiger partial charge in [-0.3, -0.25) is 15.1 Å². The van der Waals surface area contributed by atoms with E-state index in [1.165, 1.54) is 0 Å². The molecule has 9 heteroatoms. The minimum atomic E-state index is -0.740. The van der Waals surface area contributed by atoms with Crippen molar-refractivity contribution in [3.8, 4) is 0 Å². The summed E-state index contributed by atoms with van der Waals surface area (Å²) in [5, 5.41) is 27.7. The summed E-state index contributed by atoms with van der Waals surface area (Å²) >= 11 is 0. The molecule has 3 heterocycles. The van der Waals surface area contributed by atoms with E-state index in [9.17, 15) is 9.90 Å². The number of aliphatic hydroxyl groups is 1. The standard InChI is InChI=1S/C19H23N5O4/c1-2-24-17-14(9-21-24)16(22-11-3-10(4-11)18(26)27)13(8-20-17)15-7-19(28-23-15)5-12(25)6-19/h7-12,23,25H,2-6H2,1H3,(H,20,22)(H,26,27).